The molecular weight excluding hydrogens is 240 g/mol. The molecule has 0 amide bonds. The molecule has 4 nitrogen and oxygen atoms in total. The van der Waals surface area contributed by atoms with Gasteiger partial charge in [0.05, 0.1) is 23.8 Å². The lowest BCUT2D eigenvalue weighted by Gasteiger charge is -2.07. The van der Waals surface area contributed by atoms with Crippen molar-refractivity contribution in [1.82, 2.24) is 9.55 Å². The van der Waals surface area contributed by atoms with E-state index in [1.807, 2.05) is 49.4 Å². The van der Waals surface area contributed by atoms with E-state index in [0.717, 1.165) is 28.0 Å². The lowest BCUT2D eigenvalue weighted by molar-refractivity contribution is 0.415. The van der Waals surface area contributed by atoms with Gasteiger partial charge in [0.15, 0.2) is 0 Å². The summed E-state index contributed by atoms with van der Waals surface area (Å²) in [5.74, 6) is 0.730. The summed E-state index contributed by atoms with van der Waals surface area (Å²) >= 11 is 0. The van der Waals surface area contributed by atoms with Crippen LogP contribution >= 0.6 is 0 Å². The standard InChI is InChI=1S/C15H14N2O2/c1-10-5-3-4-6-13(10)17-14-9-11(19-2)7-8-12(14)16-15(17)18/h3-9H,1-2H3,(H,16,18). The minimum atomic E-state index is -0.141. The second-order valence-electron chi connectivity index (χ2n) is 4.44. The highest BCUT2D eigenvalue weighted by atomic mass is 16.5. The summed E-state index contributed by atoms with van der Waals surface area (Å²) in [5.41, 5.74) is 3.41. The van der Waals surface area contributed by atoms with E-state index in [2.05, 4.69) is 4.98 Å². The molecule has 0 bridgehead atoms. The zero-order chi connectivity index (χ0) is 13.4. The van der Waals surface area contributed by atoms with Crippen LogP contribution in [0.5, 0.6) is 5.75 Å². The van der Waals surface area contributed by atoms with Crippen LogP contribution in [-0.2, 0) is 0 Å². The van der Waals surface area contributed by atoms with Crippen molar-refractivity contribution in [3.63, 3.8) is 0 Å². The molecule has 3 aromatic rings. The molecule has 1 heterocycles. The first-order chi connectivity index (χ1) is 9.20. The molecule has 0 radical (unpaired) electrons. The van der Waals surface area contributed by atoms with Crippen molar-refractivity contribution in [2.24, 2.45) is 0 Å². The number of benzene rings is 2. The third-order valence-electron chi connectivity index (χ3n) is 3.25. The Morgan fingerprint density at radius 2 is 1.95 bits per heavy atom. The summed E-state index contributed by atoms with van der Waals surface area (Å²) in [6.45, 7) is 1.99. The molecule has 0 unspecified atom stereocenters. The number of nitrogens with zero attached hydrogens (tertiary/aromatic N) is 1. The van der Waals surface area contributed by atoms with Crippen molar-refractivity contribution in [3.05, 3.63) is 58.5 Å². The third kappa shape index (κ3) is 1.81. The van der Waals surface area contributed by atoms with Crippen LogP contribution in [0.1, 0.15) is 5.56 Å². The van der Waals surface area contributed by atoms with Crippen LogP contribution in [0.3, 0.4) is 0 Å². The van der Waals surface area contributed by atoms with Gasteiger partial charge in [-0.25, -0.2) is 4.79 Å². The summed E-state index contributed by atoms with van der Waals surface area (Å²) in [6.07, 6.45) is 0. The molecule has 0 fully saturated rings. The van der Waals surface area contributed by atoms with E-state index < -0.39 is 0 Å². The fraction of sp³-hybridized carbons (Fsp3) is 0.133. The molecule has 3 rings (SSSR count). The molecule has 19 heavy (non-hydrogen) atoms. The Hall–Kier alpha value is -2.49. The number of rotatable bonds is 2. The van der Waals surface area contributed by atoms with Gasteiger partial charge in [-0.05, 0) is 30.7 Å². The van der Waals surface area contributed by atoms with E-state index in [9.17, 15) is 4.79 Å². The number of H-pyrrole nitrogens is 1. The predicted molar refractivity (Wildman–Crippen MR) is 75.2 cm³/mol. The second-order valence-corrected chi connectivity index (χ2v) is 4.44. The van der Waals surface area contributed by atoms with E-state index >= 15 is 0 Å². The number of imidazole rings is 1. The maximum absolute atomic E-state index is 12.2. The average molecular weight is 254 g/mol. The van der Waals surface area contributed by atoms with Crippen molar-refractivity contribution < 1.29 is 4.74 Å². The van der Waals surface area contributed by atoms with E-state index in [0.29, 0.717) is 0 Å². The Kier molecular flexibility index (Phi) is 2.63. The highest BCUT2D eigenvalue weighted by molar-refractivity contribution is 5.79. The summed E-state index contributed by atoms with van der Waals surface area (Å²) in [5, 5.41) is 0. The van der Waals surface area contributed by atoms with Crippen molar-refractivity contribution in [3.8, 4) is 11.4 Å². The van der Waals surface area contributed by atoms with E-state index in [1.165, 1.54) is 0 Å². The van der Waals surface area contributed by atoms with Crippen LogP contribution < -0.4 is 10.4 Å². The SMILES string of the molecule is COc1ccc2[nH]c(=O)n(-c3ccccc3C)c2c1. The Bertz CT molecular complexity index is 799. The highest BCUT2D eigenvalue weighted by Gasteiger charge is 2.10. The molecule has 96 valence electrons. The number of aryl methyl sites for hydroxylation is 1. The number of nitrogens with one attached hydrogen (secondary N) is 1. The Balaban J connectivity index is 2.37. The minimum Gasteiger partial charge on any atom is -0.497 e. The monoisotopic (exact) mass is 254 g/mol. The van der Waals surface area contributed by atoms with Gasteiger partial charge in [0.2, 0.25) is 0 Å². The van der Waals surface area contributed by atoms with Gasteiger partial charge >= 0.3 is 5.69 Å². The number of hydrogen-bond acceptors (Lipinski definition) is 2. The van der Waals surface area contributed by atoms with Crippen LogP contribution in [0.25, 0.3) is 16.7 Å². The first-order valence-electron chi connectivity index (χ1n) is 6.05. The highest BCUT2D eigenvalue weighted by Crippen LogP contribution is 2.22. The summed E-state index contributed by atoms with van der Waals surface area (Å²) in [6, 6.07) is 13.3. The van der Waals surface area contributed by atoms with Gasteiger partial charge in [-0.2, -0.15) is 0 Å². The van der Waals surface area contributed by atoms with Crippen molar-refractivity contribution in [2.75, 3.05) is 7.11 Å². The molecular formula is C15H14N2O2. The van der Waals surface area contributed by atoms with Crippen molar-refractivity contribution in [2.45, 2.75) is 6.92 Å². The van der Waals surface area contributed by atoms with Crippen LogP contribution in [0.2, 0.25) is 0 Å². The summed E-state index contributed by atoms with van der Waals surface area (Å²) in [4.78, 5) is 15.0. The molecule has 4 heteroatoms. The first-order valence-corrected chi connectivity index (χ1v) is 6.05. The Labute approximate surface area is 110 Å². The predicted octanol–water partition coefficient (Wildman–Crippen LogP) is 2.64. The lowest BCUT2D eigenvalue weighted by Crippen LogP contribution is -2.15. The quantitative estimate of drug-likeness (QED) is 0.764. The van der Waals surface area contributed by atoms with Crippen LogP contribution in [0.15, 0.2) is 47.3 Å². The molecule has 1 aromatic heterocycles. The summed E-state index contributed by atoms with van der Waals surface area (Å²) < 4.78 is 6.90. The normalized spacial score (nSPS) is 10.8. The Morgan fingerprint density at radius 1 is 1.16 bits per heavy atom. The zero-order valence-electron chi connectivity index (χ0n) is 10.8. The van der Waals surface area contributed by atoms with Crippen LogP contribution in [-0.4, -0.2) is 16.7 Å². The molecule has 0 aliphatic heterocycles. The van der Waals surface area contributed by atoms with Crippen LogP contribution in [0, 0.1) is 6.92 Å². The molecule has 0 aliphatic carbocycles. The third-order valence-corrected chi connectivity index (χ3v) is 3.25. The maximum Gasteiger partial charge on any atom is 0.331 e. The molecule has 0 spiro atoms. The molecule has 0 atom stereocenters. The number of fused-ring (bicyclic) bond motifs is 1. The fourth-order valence-corrected chi connectivity index (χ4v) is 2.26. The maximum atomic E-state index is 12.2. The van der Waals surface area contributed by atoms with Crippen molar-refractivity contribution in [1.29, 1.82) is 0 Å². The number of para-hydroxylation sites is 1. The largest absolute Gasteiger partial charge is 0.497 e. The minimum absolute atomic E-state index is 0.141. The van der Waals surface area contributed by atoms with E-state index in [1.54, 1.807) is 11.7 Å². The lowest BCUT2D eigenvalue weighted by atomic mass is 10.2. The van der Waals surface area contributed by atoms with Gasteiger partial charge in [-0.3, -0.25) is 4.57 Å². The zero-order valence-corrected chi connectivity index (χ0v) is 10.8. The Morgan fingerprint density at radius 3 is 2.68 bits per heavy atom. The van der Waals surface area contributed by atoms with E-state index in [4.69, 9.17) is 4.74 Å². The fourth-order valence-electron chi connectivity index (χ4n) is 2.26. The molecule has 2 aromatic carbocycles. The molecule has 0 aliphatic rings. The molecule has 0 saturated carbocycles. The van der Waals surface area contributed by atoms with Gasteiger partial charge in [-0.1, -0.05) is 18.2 Å². The molecule has 1 N–H and O–H groups in total. The average Bonchev–Trinajstić information content (AvgIpc) is 2.74. The number of methoxy groups -OCH3 is 1. The van der Waals surface area contributed by atoms with Gasteiger partial charge in [0, 0.05) is 6.07 Å². The number of aromatic nitrogens is 2. The van der Waals surface area contributed by atoms with Crippen molar-refractivity contribution >= 4 is 11.0 Å². The first kappa shape index (κ1) is 11.6. The topological polar surface area (TPSA) is 47.0 Å². The molecule has 0 saturated heterocycles. The van der Waals surface area contributed by atoms with Gasteiger partial charge < -0.3 is 9.72 Å². The van der Waals surface area contributed by atoms with E-state index in [-0.39, 0.29) is 5.69 Å². The number of ether oxygens (including phenoxy) is 1. The van der Waals surface area contributed by atoms with Gasteiger partial charge in [0.1, 0.15) is 5.75 Å². The summed E-state index contributed by atoms with van der Waals surface area (Å²) in [7, 11) is 1.62. The number of hydrogen-bond donors (Lipinski definition) is 1. The van der Waals surface area contributed by atoms with Gasteiger partial charge in [0.25, 0.3) is 0 Å². The second kappa shape index (κ2) is 4.31. The smallest absolute Gasteiger partial charge is 0.331 e. The number of aromatic amines is 1. The van der Waals surface area contributed by atoms with Gasteiger partial charge in [-0.15, -0.1) is 0 Å². The van der Waals surface area contributed by atoms with Crippen LogP contribution in [0.4, 0.5) is 0 Å².